The molecule has 2 N–H and O–H groups in total. The second kappa shape index (κ2) is 5.48. The van der Waals surface area contributed by atoms with Crippen LogP contribution in [0.25, 0.3) is 0 Å². The van der Waals surface area contributed by atoms with Gasteiger partial charge in [0.05, 0.1) is 6.04 Å². The van der Waals surface area contributed by atoms with Crippen molar-refractivity contribution in [2.45, 2.75) is 38.8 Å². The predicted molar refractivity (Wildman–Crippen MR) is 68.7 cm³/mol. The van der Waals surface area contributed by atoms with Crippen molar-refractivity contribution in [2.75, 3.05) is 6.54 Å². The molecule has 1 aromatic rings. The largest absolute Gasteiger partial charge is 0.355 e. The third-order valence-electron chi connectivity index (χ3n) is 3.38. The van der Waals surface area contributed by atoms with E-state index in [0.717, 1.165) is 24.0 Å². The summed E-state index contributed by atoms with van der Waals surface area (Å²) in [6, 6.07) is 4.81. The second-order valence-corrected chi connectivity index (χ2v) is 4.72. The van der Waals surface area contributed by atoms with E-state index in [9.17, 15) is 9.18 Å². The van der Waals surface area contributed by atoms with Crippen molar-refractivity contribution in [3.63, 3.8) is 0 Å². The van der Waals surface area contributed by atoms with Crippen LogP contribution >= 0.6 is 0 Å². The van der Waals surface area contributed by atoms with Crippen molar-refractivity contribution in [1.82, 2.24) is 10.6 Å². The van der Waals surface area contributed by atoms with Crippen LogP contribution < -0.4 is 10.6 Å². The van der Waals surface area contributed by atoms with Gasteiger partial charge in [0.1, 0.15) is 5.82 Å². The molecule has 98 valence electrons. The van der Waals surface area contributed by atoms with Gasteiger partial charge in [0.2, 0.25) is 5.91 Å². The van der Waals surface area contributed by atoms with E-state index in [1.807, 2.05) is 19.9 Å². The first-order chi connectivity index (χ1) is 8.61. The highest BCUT2D eigenvalue weighted by atomic mass is 19.1. The Labute approximate surface area is 107 Å². The zero-order valence-electron chi connectivity index (χ0n) is 10.8. The van der Waals surface area contributed by atoms with Gasteiger partial charge in [0.25, 0.3) is 0 Å². The first kappa shape index (κ1) is 13.0. The number of carbonyl (C=O) groups excluding carboxylic acids is 1. The van der Waals surface area contributed by atoms with Crippen LogP contribution in [0.3, 0.4) is 0 Å². The minimum Gasteiger partial charge on any atom is -0.355 e. The lowest BCUT2D eigenvalue weighted by Crippen LogP contribution is -2.43. The van der Waals surface area contributed by atoms with E-state index in [1.165, 1.54) is 6.07 Å². The number of nitrogens with one attached hydrogen (secondary N) is 2. The molecule has 1 aromatic carbocycles. The highest BCUT2D eigenvalue weighted by molar-refractivity contribution is 5.81. The van der Waals surface area contributed by atoms with Crippen LogP contribution in [0.2, 0.25) is 0 Å². The number of likely N-dealkylation sites (N-methyl/N-ethyl adjacent to an activating group) is 1. The lowest BCUT2D eigenvalue weighted by atomic mass is 10.1. The number of carbonyl (C=O) groups is 1. The Balaban J connectivity index is 2.03. The summed E-state index contributed by atoms with van der Waals surface area (Å²) in [6.45, 7) is 4.39. The van der Waals surface area contributed by atoms with Gasteiger partial charge < -0.3 is 5.32 Å². The molecule has 0 spiro atoms. The van der Waals surface area contributed by atoms with Crippen LogP contribution in [0.4, 0.5) is 4.39 Å². The number of hydrogen-bond donors (Lipinski definition) is 2. The standard InChI is InChI=1S/C14H19FN2O/c1-3-16-14(18)9(2)17-13-7-4-10-8-11(15)5-6-12(10)13/h5-6,8-9,13,17H,3-4,7H2,1-2H3,(H,16,18). The van der Waals surface area contributed by atoms with E-state index in [0.29, 0.717) is 6.54 Å². The Hall–Kier alpha value is -1.42. The summed E-state index contributed by atoms with van der Waals surface area (Å²) in [5.74, 6) is -0.181. The summed E-state index contributed by atoms with van der Waals surface area (Å²) in [4.78, 5) is 11.7. The molecule has 2 rings (SSSR count). The fraction of sp³-hybridized carbons (Fsp3) is 0.500. The van der Waals surface area contributed by atoms with Gasteiger partial charge in [-0.25, -0.2) is 4.39 Å². The Bertz CT molecular complexity index is 447. The van der Waals surface area contributed by atoms with E-state index in [-0.39, 0.29) is 23.8 Å². The number of halogens is 1. The first-order valence-corrected chi connectivity index (χ1v) is 6.44. The summed E-state index contributed by atoms with van der Waals surface area (Å²) in [7, 11) is 0. The summed E-state index contributed by atoms with van der Waals surface area (Å²) in [6.07, 6.45) is 1.79. The molecule has 0 heterocycles. The number of amides is 1. The highest BCUT2D eigenvalue weighted by Gasteiger charge is 2.25. The molecule has 1 amide bonds. The molecule has 1 aliphatic carbocycles. The van der Waals surface area contributed by atoms with Crippen molar-refractivity contribution in [3.8, 4) is 0 Å². The summed E-state index contributed by atoms with van der Waals surface area (Å²) < 4.78 is 13.1. The van der Waals surface area contributed by atoms with Gasteiger partial charge in [-0.1, -0.05) is 6.07 Å². The lowest BCUT2D eigenvalue weighted by Gasteiger charge is -2.19. The minimum absolute atomic E-state index is 0.00746. The molecule has 2 unspecified atom stereocenters. The maximum Gasteiger partial charge on any atom is 0.236 e. The number of rotatable bonds is 4. The van der Waals surface area contributed by atoms with Crippen molar-refractivity contribution in [2.24, 2.45) is 0 Å². The maximum atomic E-state index is 13.1. The molecule has 0 saturated heterocycles. The average molecular weight is 250 g/mol. The van der Waals surface area contributed by atoms with Gasteiger partial charge in [0.15, 0.2) is 0 Å². The van der Waals surface area contributed by atoms with Crippen LogP contribution in [0.15, 0.2) is 18.2 Å². The fourth-order valence-corrected chi connectivity index (χ4v) is 2.46. The van der Waals surface area contributed by atoms with Crippen molar-refractivity contribution < 1.29 is 9.18 Å². The third kappa shape index (κ3) is 2.70. The molecule has 18 heavy (non-hydrogen) atoms. The van der Waals surface area contributed by atoms with Gasteiger partial charge in [0, 0.05) is 12.6 Å². The topological polar surface area (TPSA) is 41.1 Å². The SMILES string of the molecule is CCNC(=O)C(C)NC1CCc2cc(F)ccc21. The number of benzene rings is 1. The fourth-order valence-electron chi connectivity index (χ4n) is 2.46. The molecule has 4 heteroatoms. The second-order valence-electron chi connectivity index (χ2n) is 4.72. The number of aryl methyl sites for hydroxylation is 1. The van der Waals surface area contributed by atoms with E-state index in [2.05, 4.69) is 10.6 Å². The summed E-state index contributed by atoms with van der Waals surface area (Å²) in [5, 5.41) is 6.10. The minimum atomic E-state index is -0.231. The van der Waals surface area contributed by atoms with Crippen molar-refractivity contribution in [1.29, 1.82) is 0 Å². The predicted octanol–water partition coefficient (Wildman–Crippen LogP) is 1.93. The molecular weight excluding hydrogens is 231 g/mol. The molecule has 0 saturated carbocycles. The molecule has 2 atom stereocenters. The third-order valence-corrected chi connectivity index (χ3v) is 3.38. The Morgan fingerprint density at radius 3 is 3.06 bits per heavy atom. The van der Waals surface area contributed by atoms with Crippen LogP contribution in [0.1, 0.15) is 37.4 Å². The Morgan fingerprint density at radius 2 is 2.33 bits per heavy atom. The molecule has 1 aliphatic rings. The summed E-state index contributed by atoms with van der Waals surface area (Å²) in [5.41, 5.74) is 2.17. The molecule has 0 bridgehead atoms. The Kier molecular flexibility index (Phi) is 3.97. The van der Waals surface area contributed by atoms with Crippen LogP contribution in [0.5, 0.6) is 0 Å². The number of fused-ring (bicyclic) bond motifs is 1. The highest BCUT2D eigenvalue weighted by Crippen LogP contribution is 2.31. The first-order valence-electron chi connectivity index (χ1n) is 6.44. The van der Waals surface area contributed by atoms with Crippen LogP contribution in [-0.2, 0) is 11.2 Å². The zero-order chi connectivity index (χ0) is 13.1. The van der Waals surface area contributed by atoms with Crippen molar-refractivity contribution in [3.05, 3.63) is 35.1 Å². The summed E-state index contributed by atoms with van der Waals surface area (Å²) >= 11 is 0. The average Bonchev–Trinajstić information content (AvgIpc) is 2.72. The van der Waals surface area contributed by atoms with E-state index in [1.54, 1.807) is 6.07 Å². The Morgan fingerprint density at radius 1 is 1.56 bits per heavy atom. The van der Waals surface area contributed by atoms with Gasteiger partial charge in [-0.3, -0.25) is 10.1 Å². The van der Waals surface area contributed by atoms with Gasteiger partial charge >= 0.3 is 0 Å². The smallest absolute Gasteiger partial charge is 0.236 e. The van der Waals surface area contributed by atoms with E-state index < -0.39 is 0 Å². The van der Waals surface area contributed by atoms with Gasteiger partial charge in [-0.2, -0.15) is 0 Å². The zero-order valence-corrected chi connectivity index (χ0v) is 10.8. The van der Waals surface area contributed by atoms with Crippen LogP contribution in [0, 0.1) is 5.82 Å². The number of hydrogen-bond acceptors (Lipinski definition) is 2. The molecule has 0 aliphatic heterocycles. The van der Waals surface area contributed by atoms with E-state index >= 15 is 0 Å². The molecule has 0 aromatic heterocycles. The van der Waals surface area contributed by atoms with Crippen LogP contribution in [-0.4, -0.2) is 18.5 Å². The van der Waals surface area contributed by atoms with E-state index in [4.69, 9.17) is 0 Å². The maximum absolute atomic E-state index is 13.1. The lowest BCUT2D eigenvalue weighted by molar-refractivity contribution is -0.122. The van der Waals surface area contributed by atoms with Crippen molar-refractivity contribution >= 4 is 5.91 Å². The van der Waals surface area contributed by atoms with Gasteiger partial charge in [-0.15, -0.1) is 0 Å². The van der Waals surface area contributed by atoms with Gasteiger partial charge in [-0.05, 0) is 49.9 Å². The molecule has 3 nitrogen and oxygen atoms in total. The normalized spacial score (nSPS) is 19.4. The quantitative estimate of drug-likeness (QED) is 0.857. The molecule has 0 fully saturated rings. The monoisotopic (exact) mass is 250 g/mol. The molecular formula is C14H19FN2O. The molecule has 0 radical (unpaired) electrons.